The smallest absolute Gasteiger partial charge is 0.306 e. The molecule has 25 heavy (non-hydrogen) atoms. The molecule has 0 radical (unpaired) electrons. The number of ether oxygens (including phenoxy) is 1. The largest absolute Gasteiger partial charge is 0.462 e. The number of unbranched alkanes of at least 4 members (excludes halogenated alkanes) is 2. The van der Waals surface area contributed by atoms with Crippen LogP contribution in [-0.2, 0) is 9.53 Å². The van der Waals surface area contributed by atoms with Gasteiger partial charge < -0.3 is 4.74 Å². The highest BCUT2D eigenvalue weighted by Gasteiger charge is 2.24. The summed E-state index contributed by atoms with van der Waals surface area (Å²) in [4.78, 5) is 23.9. The third-order valence-corrected chi connectivity index (χ3v) is 5.13. The Bertz CT molecular complexity index is 523. The molecule has 2 rings (SSSR count). The summed E-state index contributed by atoms with van der Waals surface area (Å²) in [5.74, 6) is 0.859. The molecule has 1 aliphatic rings. The van der Waals surface area contributed by atoms with Gasteiger partial charge in [0.2, 0.25) is 0 Å². The van der Waals surface area contributed by atoms with E-state index < -0.39 is 0 Å². The number of rotatable bonds is 10. The van der Waals surface area contributed by atoms with Gasteiger partial charge in [-0.3, -0.25) is 9.59 Å². The van der Waals surface area contributed by atoms with Crippen molar-refractivity contribution in [3.63, 3.8) is 0 Å². The van der Waals surface area contributed by atoms with Crippen molar-refractivity contribution >= 4 is 11.8 Å². The van der Waals surface area contributed by atoms with Gasteiger partial charge in [0.25, 0.3) is 0 Å². The first kappa shape index (κ1) is 19.7. The highest BCUT2D eigenvalue weighted by molar-refractivity contribution is 5.95. The number of Topliss-reactive ketones (excluding diaryl/α,β-unsaturated/α-hetero) is 1. The minimum atomic E-state index is -0.0269. The summed E-state index contributed by atoms with van der Waals surface area (Å²) in [7, 11) is 0. The molecule has 0 bridgehead atoms. The first-order valence-electron chi connectivity index (χ1n) is 9.96. The summed E-state index contributed by atoms with van der Waals surface area (Å²) >= 11 is 0. The number of hydrogen-bond acceptors (Lipinski definition) is 3. The summed E-state index contributed by atoms with van der Waals surface area (Å²) in [6, 6.07) is 9.54. The Kier molecular flexibility index (Phi) is 8.71. The highest BCUT2D eigenvalue weighted by atomic mass is 16.5. The summed E-state index contributed by atoms with van der Waals surface area (Å²) in [6.45, 7) is 2.09. The van der Waals surface area contributed by atoms with Crippen LogP contribution in [0.2, 0.25) is 0 Å². The first-order valence-corrected chi connectivity index (χ1v) is 9.96. The molecule has 0 spiro atoms. The monoisotopic (exact) mass is 344 g/mol. The van der Waals surface area contributed by atoms with Crippen LogP contribution in [-0.4, -0.2) is 17.9 Å². The van der Waals surface area contributed by atoms with E-state index in [1.54, 1.807) is 0 Å². The second kappa shape index (κ2) is 11.1. The maximum atomic E-state index is 12.1. The van der Waals surface area contributed by atoms with Gasteiger partial charge in [-0.25, -0.2) is 0 Å². The van der Waals surface area contributed by atoms with Gasteiger partial charge in [-0.15, -0.1) is 0 Å². The van der Waals surface area contributed by atoms with Gasteiger partial charge in [-0.2, -0.15) is 0 Å². The van der Waals surface area contributed by atoms with Crippen LogP contribution in [0.3, 0.4) is 0 Å². The number of ketones is 1. The van der Waals surface area contributed by atoms with Crippen LogP contribution in [0.25, 0.3) is 0 Å². The molecule has 0 amide bonds. The molecule has 1 aromatic rings. The lowest BCUT2D eigenvalue weighted by molar-refractivity contribution is -0.151. The summed E-state index contributed by atoms with van der Waals surface area (Å²) in [5, 5.41) is 0. The second-order valence-electron chi connectivity index (χ2n) is 7.28. The van der Waals surface area contributed by atoms with E-state index in [9.17, 15) is 9.59 Å². The molecule has 2 atom stereocenters. The van der Waals surface area contributed by atoms with Crippen molar-refractivity contribution < 1.29 is 14.3 Å². The van der Waals surface area contributed by atoms with E-state index >= 15 is 0 Å². The Balaban J connectivity index is 1.62. The Morgan fingerprint density at radius 1 is 1.04 bits per heavy atom. The maximum Gasteiger partial charge on any atom is 0.306 e. The molecule has 1 saturated carbocycles. The Morgan fingerprint density at radius 2 is 1.84 bits per heavy atom. The van der Waals surface area contributed by atoms with Gasteiger partial charge in [0, 0.05) is 18.4 Å². The predicted octanol–water partition coefficient (Wildman–Crippen LogP) is 5.72. The van der Waals surface area contributed by atoms with Crippen molar-refractivity contribution in [3.8, 4) is 0 Å². The van der Waals surface area contributed by atoms with E-state index in [1.807, 2.05) is 30.3 Å². The molecule has 3 nitrogen and oxygen atoms in total. The van der Waals surface area contributed by atoms with Crippen LogP contribution < -0.4 is 0 Å². The summed E-state index contributed by atoms with van der Waals surface area (Å²) in [5.41, 5.74) is 0.819. The van der Waals surface area contributed by atoms with Crippen LogP contribution in [0, 0.1) is 5.92 Å². The lowest BCUT2D eigenvalue weighted by atomic mass is 9.83. The Labute approximate surface area is 152 Å². The quantitative estimate of drug-likeness (QED) is 0.310. The van der Waals surface area contributed by atoms with Crippen molar-refractivity contribution in [1.82, 2.24) is 0 Å². The van der Waals surface area contributed by atoms with Crippen molar-refractivity contribution in [3.05, 3.63) is 35.9 Å². The minimum Gasteiger partial charge on any atom is -0.462 e. The third-order valence-electron chi connectivity index (χ3n) is 5.13. The molecular formula is C22H32O3. The minimum absolute atomic E-state index is 0.0269. The average molecular weight is 344 g/mol. The molecule has 2 unspecified atom stereocenters. The number of hydrogen-bond donors (Lipinski definition) is 0. The molecular weight excluding hydrogens is 312 g/mol. The molecule has 0 saturated heterocycles. The normalized spacial score (nSPS) is 20.2. The topological polar surface area (TPSA) is 43.4 Å². The van der Waals surface area contributed by atoms with E-state index in [-0.39, 0.29) is 17.9 Å². The zero-order chi connectivity index (χ0) is 17.9. The van der Waals surface area contributed by atoms with E-state index in [4.69, 9.17) is 4.74 Å². The average Bonchev–Trinajstić information content (AvgIpc) is 2.64. The lowest BCUT2D eigenvalue weighted by Crippen LogP contribution is -2.25. The third kappa shape index (κ3) is 7.41. The standard InChI is InChI=1S/C22H32O3/c1-2-3-16-22(24)25-20-14-9-11-18(17-20)10-7-8-15-21(23)19-12-5-4-6-13-19/h4-6,12-13,18,20H,2-3,7-11,14-17H2,1H3. The van der Waals surface area contributed by atoms with Crippen molar-refractivity contribution in [2.24, 2.45) is 5.92 Å². The SMILES string of the molecule is CCCCC(=O)OC1CCCC(CCCCC(=O)c2ccccc2)C1. The molecule has 0 aromatic heterocycles. The van der Waals surface area contributed by atoms with E-state index in [0.717, 1.165) is 56.9 Å². The van der Waals surface area contributed by atoms with Crippen molar-refractivity contribution in [2.75, 3.05) is 0 Å². The van der Waals surface area contributed by atoms with Crippen LogP contribution in [0.15, 0.2) is 30.3 Å². The van der Waals surface area contributed by atoms with Crippen molar-refractivity contribution in [1.29, 1.82) is 0 Å². The molecule has 3 heteroatoms. The molecule has 0 N–H and O–H groups in total. The van der Waals surface area contributed by atoms with E-state index in [1.165, 1.54) is 6.42 Å². The molecule has 1 aliphatic carbocycles. The van der Waals surface area contributed by atoms with Crippen molar-refractivity contribution in [2.45, 2.75) is 83.7 Å². The second-order valence-corrected chi connectivity index (χ2v) is 7.28. The van der Waals surface area contributed by atoms with Gasteiger partial charge in [0.1, 0.15) is 6.10 Å². The number of carbonyl (C=O) groups is 2. The van der Waals surface area contributed by atoms with Gasteiger partial charge in [-0.1, -0.05) is 62.9 Å². The maximum absolute atomic E-state index is 12.1. The first-order chi connectivity index (χ1) is 12.2. The van der Waals surface area contributed by atoms with Crippen LogP contribution in [0.5, 0.6) is 0 Å². The van der Waals surface area contributed by atoms with E-state index in [0.29, 0.717) is 18.8 Å². The predicted molar refractivity (Wildman–Crippen MR) is 101 cm³/mol. The zero-order valence-corrected chi connectivity index (χ0v) is 15.5. The zero-order valence-electron chi connectivity index (χ0n) is 15.5. The summed E-state index contributed by atoms with van der Waals surface area (Å²) in [6.07, 6.45) is 10.8. The fourth-order valence-corrected chi connectivity index (χ4v) is 3.66. The number of esters is 1. The molecule has 138 valence electrons. The van der Waals surface area contributed by atoms with Crippen LogP contribution in [0.4, 0.5) is 0 Å². The molecule has 1 fully saturated rings. The molecule has 0 heterocycles. The van der Waals surface area contributed by atoms with Gasteiger partial charge in [0.15, 0.2) is 5.78 Å². The van der Waals surface area contributed by atoms with Crippen LogP contribution >= 0.6 is 0 Å². The number of carbonyl (C=O) groups excluding carboxylic acids is 2. The van der Waals surface area contributed by atoms with Gasteiger partial charge >= 0.3 is 5.97 Å². The fraction of sp³-hybridized carbons (Fsp3) is 0.636. The summed E-state index contributed by atoms with van der Waals surface area (Å²) < 4.78 is 5.63. The highest BCUT2D eigenvalue weighted by Crippen LogP contribution is 2.30. The lowest BCUT2D eigenvalue weighted by Gasteiger charge is -2.29. The number of benzene rings is 1. The molecule has 1 aromatic carbocycles. The van der Waals surface area contributed by atoms with Gasteiger partial charge in [0.05, 0.1) is 0 Å². The van der Waals surface area contributed by atoms with Crippen LogP contribution in [0.1, 0.15) is 87.9 Å². The fourth-order valence-electron chi connectivity index (χ4n) is 3.66. The Hall–Kier alpha value is -1.64. The Morgan fingerprint density at radius 3 is 2.60 bits per heavy atom. The van der Waals surface area contributed by atoms with E-state index in [2.05, 4.69) is 6.92 Å². The van der Waals surface area contributed by atoms with Gasteiger partial charge in [-0.05, 0) is 38.0 Å². The molecule has 0 aliphatic heterocycles.